The first kappa shape index (κ1) is 14.7. The molecule has 1 aromatic carbocycles. The molecule has 21 heavy (non-hydrogen) atoms. The lowest BCUT2D eigenvalue weighted by Gasteiger charge is -2.26. The third-order valence-corrected chi connectivity index (χ3v) is 6.72. The van der Waals surface area contributed by atoms with Gasteiger partial charge in [0, 0.05) is 16.7 Å². The van der Waals surface area contributed by atoms with E-state index in [-0.39, 0.29) is 29.6 Å². The fourth-order valence-electron chi connectivity index (χ4n) is 2.79. The van der Waals surface area contributed by atoms with Gasteiger partial charge in [-0.25, -0.2) is 13.2 Å². The van der Waals surface area contributed by atoms with Gasteiger partial charge in [-0.05, 0) is 24.5 Å². The number of carbonyl (C=O) groups excluding carboxylic acids is 1. The first-order valence-corrected chi connectivity index (χ1v) is 9.83. The molecule has 0 spiro atoms. The van der Waals surface area contributed by atoms with Crippen molar-refractivity contribution in [2.75, 3.05) is 17.3 Å². The fraction of sp³-hybridized carbons (Fsp3) is 0.500. The summed E-state index contributed by atoms with van der Waals surface area (Å²) >= 11 is 1.80. The average molecular weight is 326 g/mol. The number of sulfone groups is 1. The number of amides is 2. The number of urea groups is 1. The summed E-state index contributed by atoms with van der Waals surface area (Å²) in [7, 11) is -2.97. The van der Waals surface area contributed by atoms with Gasteiger partial charge in [0.25, 0.3) is 0 Å². The van der Waals surface area contributed by atoms with Crippen molar-refractivity contribution in [2.24, 2.45) is 0 Å². The van der Waals surface area contributed by atoms with Gasteiger partial charge in [0.15, 0.2) is 9.84 Å². The zero-order valence-corrected chi connectivity index (χ0v) is 13.2. The zero-order chi connectivity index (χ0) is 14.9. The Morgan fingerprint density at radius 1 is 1.19 bits per heavy atom. The number of hydrogen-bond acceptors (Lipinski definition) is 4. The summed E-state index contributed by atoms with van der Waals surface area (Å²) in [6, 6.07) is 7.53. The van der Waals surface area contributed by atoms with E-state index in [1.165, 1.54) is 4.90 Å². The minimum absolute atomic E-state index is 0.000426. The topological polar surface area (TPSA) is 75.3 Å². The van der Waals surface area contributed by atoms with Crippen LogP contribution < -0.4 is 10.6 Å². The molecule has 2 N–H and O–H groups in total. The van der Waals surface area contributed by atoms with Crippen LogP contribution in [0.2, 0.25) is 0 Å². The summed E-state index contributed by atoms with van der Waals surface area (Å²) in [4.78, 5) is 13.3. The second-order valence-corrected chi connectivity index (χ2v) is 8.81. The molecule has 1 saturated heterocycles. The second-order valence-electron chi connectivity index (χ2n) is 5.45. The van der Waals surface area contributed by atoms with E-state index in [1.807, 2.05) is 18.2 Å². The van der Waals surface area contributed by atoms with E-state index in [4.69, 9.17) is 0 Å². The molecule has 2 aliphatic rings. The second kappa shape index (κ2) is 5.88. The Bertz CT molecular complexity index is 645. The molecule has 0 bridgehead atoms. The Morgan fingerprint density at radius 3 is 2.76 bits per heavy atom. The highest BCUT2D eigenvalue weighted by molar-refractivity contribution is 7.99. The molecule has 0 aliphatic carbocycles. The molecular weight excluding hydrogens is 308 g/mol. The molecule has 0 unspecified atom stereocenters. The predicted octanol–water partition coefficient (Wildman–Crippen LogP) is 1.71. The van der Waals surface area contributed by atoms with Crippen LogP contribution in [0.4, 0.5) is 4.79 Å². The predicted molar refractivity (Wildman–Crippen MR) is 83.3 cm³/mol. The Balaban J connectivity index is 1.61. The van der Waals surface area contributed by atoms with Crippen molar-refractivity contribution in [2.45, 2.75) is 29.8 Å². The van der Waals surface area contributed by atoms with Crippen molar-refractivity contribution in [3.8, 4) is 0 Å². The molecule has 2 heterocycles. The van der Waals surface area contributed by atoms with Gasteiger partial charge in [0.2, 0.25) is 0 Å². The maximum Gasteiger partial charge on any atom is 0.315 e. The van der Waals surface area contributed by atoms with Crippen molar-refractivity contribution in [1.82, 2.24) is 10.6 Å². The number of rotatable bonds is 2. The standard InChI is InChI=1S/C14H18N2O3S2/c17-14(15-10-6-8-21(18,19)9-10)16-12-5-7-20-13-4-2-1-3-11(12)13/h1-4,10,12H,5-9H2,(H2,15,16,17)/t10-,12+/m1/s1. The summed E-state index contributed by atoms with van der Waals surface area (Å²) in [6.07, 6.45) is 1.39. The summed E-state index contributed by atoms with van der Waals surface area (Å²) in [6.45, 7) is 0. The van der Waals surface area contributed by atoms with Crippen LogP contribution in [-0.4, -0.2) is 37.7 Å². The van der Waals surface area contributed by atoms with Gasteiger partial charge >= 0.3 is 6.03 Å². The van der Waals surface area contributed by atoms with Crippen molar-refractivity contribution in [1.29, 1.82) is 0 Å². The summed E-state index contributed by atoms with van der Waals surface area (Å²) in [5.74, 6) is 1.19. The molecular formula is C14H18N2O3S2. The monoisotopic (exact) mass is 326 g/mol. The van der Waals surface area contributed by atoms with Crippen LogP contribution in [-0.2, 0) is 9.84 Å². The molecule has 0 aromatic heterocycles. The lowest BCUT2D eigenvalue weighted by molar-refractivity contribution is 0.233. The number of carbonyl (C=O) groups is 1. The van der Waals surface area contributed by atoms with Crippen LogP contribution >= 0.6 is 11.8 Å². The van der Waals surface area contributed by atoms with Crippen molar-refractivity contribution >= 4 is 27.6 Å². The smallest absolute Gasteiger partial charge is 0.315 e. The van der Waals surface area contributed by atoms with Gasteiger partial charge in [-0.1, -0.05) is 18.2 Å². The fourth-order valence-corrected chi connectivity index (χ4v) is 5.58. The summed E-state index contributed by atoms with van der Waals surface area (Å²) in [5, 5.41) is 5.75. The molecule has 3 rings (SSSR count). The number of thioether (sulfide) groups is 1. The van der Waals surface area contributed by atoms with Crippen LogP contribution in [0.15, 0.2) is 29.2 Å². The highest BCUT2D eigenvalue weighted by atomic mass is 32.2. The highest BCUT2D eigenvalue weighted by Gasteiger charge is 2.30. The maximum atomic E-state index is 12.1. The van der Waals surface area contributed by atoms with E-state index in [1.54, 1.807) is 11.8 Å². The van der Waals surface area contributed by atoms with Crippen LogP contribution in [0, 0.1) is 0 Å². The van der Waals surface area contributed by atoms with E-state index in [2.05, 4.69) is 16.7 Å². The molecule has 2 aliphatic heterocycles. The number of hydrogen-bond donors (Lipinski definition) is 2. The quantitative estimate of drug-likeness (QED) is 0.867. The van der Waals surface area contributed by atoms with E-state index < -0.39 is 9.84 Å². The first-order valence-electron chi connectivity index (χ1n) is 7.03. The van der Waals surface area contributed by atoms with Crippen LogP contribution in [0.1, 0.15) is 24.4 Å². The van der Waals surface area contributed by atoms with Crippen LogP contribution in [0.5, 0.6) is 0 Å². The Morgan fingerprint density at radius 2 is 2.00 bits per heavy atom. The van der Waals surface area contributed by atoms with Crippen molar-refractivity contribution < 1.29 is 13.2 Å². The molecule has 1 aromatic rings. The minimum Gasteiger partial charge on any atom is -0.334 e. The van der Waals surface area contributed by atoms with Gasteiger partial charge < -0.3 is 10.6 Å². The zero-order valence-electron chi connectivity index (χ0n) is 11.5. The lowest BCUT2D eigenvalue weighted by Crippen LogP contribution is -2.44. The number of nitrogens with one attached hydrogen (secondary N) is 2. The minimum atomic E-state index is -2.97. The molecule has 114 valence electrons. The maximum absolute atomic E-state index is 12.1. The highest BCUT2D eigenvalue weighted by Crippen LogP contribution is 2.35. The molecule has 0 radical (unpaired) electrons. The molecule has 2 amide bonds. The molecule has 1 fully saturated rings. The van der Waals surface area contributed by atoms with Gasteiger partial charge in [0.05, 0.1) is 17.5 Å². The van der Waals surface area contributed by atoms with Crippen LogP contribution in [0.3, 0.4) is 0 Å². The molecule has 7 heteroatoms. The first-order chi connectivity index (χ1) is 10.0. The van der Waals surface area contributed by atoms with Gasteiger partial charge in [0.1, 0.15) is 0 Å². The number of fused-ring (bicyclic) bond motifs is 1. The van der Waals surface area contributed by atoms with E-state index in [9.17, 15) is 13.2 Å². The number of benzene rings is 1. The third-order valence-electron chi connectivity index (χ3n) is 3.83. The van der Waals surface area contributed by atoms with E-state index in [0.717, 1.165) is 17.7 Å². The molecule has 2 atom stereocenters. The van der Waals surface area contributed by atoms with E-state index >= 15 is 0 Å². The Hall–Kier alpha value is -1.21. The Labute approximate surface area is 128 Å². The van der Waals surface area contributed by atoms with Crippen molar-refractivity contribution in [3.63, 3.8) is 0 Å². The molecule has 5 nitrogen and oxygen atoms in total. The van der Waals surface area contributed by atoms with Gasteiger partial charge in [-0.15, -0.1) is 11.8 Å². The summed E-state index contributed by atoms with van der Waals surface area (Å²) < 4.78 is 22.8. The largest absolute Gasteiger partial charge is 0.334 e. The van der Waals surface area contributed by atoms with Gasteiger partial charge in [-0.2, -0.15) is 0 Å². The lowest BCUT2D eigenvalue weighted by atomic mass is 10.0. The third kappa shape index (κ3) is 3.52. The van der Waals surface area contributed by atoms with Crippen molar-refractivity contribution in [3.05, 3.63) is 29.8 Å². The average Bonchev–Trinajstić information content (AvgIpc) is 2.78. The Kier molecular flexibility index (Phi) is 4.12. The van der Waals surface area contributed by atoms with E-state index in [0.29, 0.717) is 6.42 Å². The normalized spacial score (nSPS) is 26.9. The SMILES string of the molecule is O=C(N[C@@H]1CCS(=O)(=O)C1)N[C@H]1CCSc2ccccc21. The van der Waals surface area contributed by atoms with Crippen LogP contribution in [0.25, 0.3) is 0 Å². The van der Waals surface area contributed by atoms with Gasteiger partial charge in [-0.3, -0.25) is 0 Å². The molecule has 0 saturated carbocycles. The summed E-state index contributed by atoms with van der Waals surface area (Å²) in [5.41, 5.74) is 1.14.